The van der Waals surface area contributed by atoms with Gasteiger partial charge in [0.2, 0.25) is 5.91 Å². The zero-order valence-electron chi connectivity index (χ0n) is 8.42. The number of pyridine rings is 1. The molecule has 16 heavy (non-hydrogen) atoms. The first-order valence-corrected chi connectivity index (χ1v) is 5.01. The number of hydrogen-bond donors (Lipinski definition) is 2. The lowest BCUT2D eigenvalue weighted by Crippen LogP contribution is -2.25. The molecule has 82 valence electrons. The van der Waals surface area contributed by atoms with Gasteiger partial charge in [-0.15, -0.1) is 0 Å². The zero-order chi connectivity index (χ0) is 11.1. The molecule has 1 amide bonds. The van der Waals surface area contributed by atoms with Crippen LogP contribution in [0.1, 0.15) is 6.42 Å². The third-order valence-electron chi connectivity index (χ3n) is 2.69. The van der Waals surface area contributed by atoms with E-state index in [0.29, 0.717) is 17.9 Å². The maximum atomic E-state index is 11.6. The van der Waals surface area contributed by atoms with Crippen molar-refractivity contribution in [3.05, 3.63) is 18.5 Å². The lowest BCUT2D eigenvalue weighted by molar-refractivity contribution is -0.117. The molecule has 1 aliphatic rings. The van der Waals surface area contributed by atoms with Gasteiger partial charge >= 0.3 is 0 Å². The van der Waals surface area contributed by atoms with Gasteiger partial charge in [-0.1, -0.05) is 0 Å². The van der Waals surface area contributed by atoms with Crippen molar-refractivity contribution in [3.63, 3.8) is 0 Å². The van der Waals surface area contributed by atoms with E-state index in [9.17, 15) is 9.90 Å². The Morgan fingerprint density at radius 1 is 1.50 bits per heavy atom. The van der Waals surface area contributed by atoms with Crippen LogP contribution in [0.2, 0.25) is 0 Å². The van der Waals surface area contributed by atoms with Crippen molar-refractivity contribution in [3.8, 4) is 0 Å². The molecule has 1 unspecified atom stereocenters. The zero-order valence-corrected chi connectivity index (χ0v) is 8.42. The number of hydrogen-bond acceptors (Lipinski definition) is 4. The number of β-amino-alcohol motifs (C(OH)–C–C–N with tert-alkyl or cyclic N) is 1. The summed E-state index contributed by atoms with van der Waals surface area (Å²) in [7, 11) is 0. The fraction of sp³-hybridized carbons (Fsp3) is 0.300. The number of carbonyl (C=O) groups excluding carboxylic acids is 1. The molecule has 2 aromatic heterocycles. The standard InChI is InChI=1S/C10H10N4O2/c15-8-2-9(16)14(5-8)7-1-6-3-12-13-10(6)11-4-7/h1,3-4,8,15H,2,5H2,(H,11,12,13). The Morgan fingerprint density at radius 2 is 2.38 bits per heavy atom. The topological polar surface area (TPSA) is 82.1 Å². The van der Waals surface area contributed by atoms with Crippen LogP contribution in [0.4, 0.5) is 5.69 Å². The number of aliphatic hydroxyl groups excluding tert-OH is 1. The third kappa shape index (κ3) is 1.35. The Balaban J connectivity index is 2.02. The summed E-state index contributed by atoms with van der Waals surface area (Å²) >= 11 is 0. The van der Waals surface area contributed by atoms with Crippen LogP contribution in [-0.4, -0.2) is 38.8 Å². The van der Waals surface area contributed by atoms with Gasteiger partial charge in [-0.25, -0.2) is 4.98 Å². The minimum Gasteiger partial charge on any atom is -0.391 e. The first kappa shape index (κ1) is 9.29. The van der Waals surface area contributed by atoms with Crippen LogP contribution in [-0.2, 0) is 4.79 Å². The monoisotopic (exact) mass is 218 g/mol. The molecule has 0 radical (unpaired) electrons. The smallest absolute Gasteiger partial charge is 0.229 e. The Labute approximate surface area is 90.9 Å². The van der Waals surface area contributed by atoms with Crippen LogP contribution in [0.5, 0.6) is 0 Å². The van der Waals surface area contributed by atoms with E-state index in [1.54, 1.807) is 17.3 Å². The van der Waals surface area contributed by atoms with E-state index in [1.165, 1.54) is 0 Å². The molecule has 0 aromatic carbocycles. The number of aliphatic hydroxyl groups is 1. The van der Waals surface area contributed by atoms with Crippen molar-refractivity contribution in [2.24, 2.45) is 0 Å². The van der Waals surface area contributed by atoms with E-state index in [0.717, 1.165) is 5.39 Å². The van der Waals surface area contributed by atoms with Gasteiger partial charge in [0.25, 0.3) is 0 Å². The normalized spacial score (nSPS) is 20.9. The molecule has 1 aliphatic heterocycles. The minimum atomic E-state index is -0.576. The minimum absolute atomic E-state index is 0.0721. The van der Waals surface area contributed by atoms with Gasteiger partial charge in [0.1, 0.15) is 0 Å². The Hall–Kier alpha value is -1.95. The molecule has 6 heteroatoms. The van der Waals surface area contributed by atoms with E-state index >= 15 is 0 Å². The van der Waals surface area contributed by atoms with Crippen LogP contribution >= 0.6 is 0 Å². The number of fused-ring (bicyclic) bond motifs is 1. The van der Waals surface area contributed by atoms with Crippen LogP contribution in [0.15, 0.2) is 18.5 Å². The molecule has 6 nitrogen and oxygen atoms in total. The average Bonchev–Trinajstić information content (AvgIpc) is 2.83. The summed E-state index contributed by atoms with van der Waals surface area (Å²) in [6, 6.07) is 1.84. The van der Waals surface area contributed by atoms with Gasteiger partial charge in [0.15, 0.2) is 5.65 Å². The Kier molecular flexibility index (Phi) is 1.90. The molecule has 2 N–H and O–H groups in total. The summed E-state index contributed by atoms with van der Waals surface area (Å²) in [5.74, 6) is -0.0721. The number of aromatic amines is 1. The molecule has 2 aromatic rings. The number of anilines is 1. The molecule has 1 saturated heterocycles. The average molecular weight is 218 g/mol. The van der Waals surface area contributed by atoms with Crippen LogP contribution in [0.25, 0.3) is 11.0 Å². The molecule has 0 bridgehead atoms. The fourth-order valence-electron chi connectivity index (χ4n) is 1.91. The second kappa shape index (κ2) is 3.28. The second-order valence-electron chi connectivity index (χ2n) is 3.86. The highest BCUT2D eigenvalue weighted by molar-refractivity contribution is 5.97. The number of H-pyrrole nitrogens is 1. The first-order valence-electron chi connectivity index (χ1n) is 5.01. The van der Waals surface area contributed by atoms with Gasteiger partial charge < -0.3 is 10.0 Å². The molecule has 1 atom stereocenters. The van der Waals surface area contributed by atoms with Crippen LogP contribution in [0.3, 0.4) is 0 Å². The highest BCUT2D eigenvalue weighted by atomic mass is 16.3. The molecular weight excluding hydrogens is 208 g/mol. The summed E-state index contributed by atoms with van der Waals surface area (Å²) in [5.41, 5.74) is 1.39. The molecule has 0 saturated carbocycles. The van der Waals surface area contributed by atoms with Crippen molar-refractivity contribution < 1.29 is 9.90 Å². The van der Waals surface area contributed by atoms with E-state index in [-0.39, 0.29) is 12.3 Å². The number of nitrogens with one attached hydrogen (secondary N) is 1. The number of carbonyl (C=O) groups is 1. The molecule has 0 spiro atoms. The number of rotatable bonds is 1. The van der Waals surface area contributed by atoms with Gasteiger partial charge in [0, 0.05) is 5.39 Å². The van der Waals surface area contributed by atoms with Crippen molar-refractivity contribution >= 4 is 22.6 Å². The predicted molar refractivity (Wildman–Crippen MR) is 56.9 cm³/mol. The Bertz CT molecular complexity index is 550. The van der Waals surface area contributed by atoms with Crippen molar-refractivity contribution in [2.45, 2.75) is 12.5 Å². The fourth-order valence-corrected chi connectivity index (χ4v) is 1.91. The largest absolute Gasteiger partial charge is 0.391 e. The maximum absolute atomic E-state index is 11.6. The number of nitrogens with zero attached hydrogens (tertiary/aromatic N) is 3. The quantitative estimate of drug-likeness (QED) is 0.708. The van der Waals surface area contributed by atoms with Crippen molar-refractivity contribution in [1.82, 2.24) is 15.2 Å². The molecular formula is C10H10N4O2. The summed E-state index contributed by atoms with van der Waals surface area (Å²) in [4.78, 5) is 17.3. The van der Waals surface area contributed by atoms with Crippen molar-refractivity contribution in [1.29, 1.82) is 0 Å². The summed E-state index contributed by atoms with van der Waals surface area (Å²) < 4.78 is 0. The van der Waals surface area contributed by atoms with E-state index in [2.05, 4.69) is 15.2 Å². The van der Waals surface area contributed by atoms with Gasteiger partial charge in [-0.2, -0.15) is 5.10 Å². The molecule has 0 aliphatic carbocycles. The molecule has 1 fully saturated rings. The van der Waals surface area contributed by atoms with E-state index in [4.69, 9.17) is 0 Å². The van der Waals surface area contributed by atoms with E-state index < -0.39 is 6.10 Å². The highest BCUT2D eigenvalue weighted by Crippen LogP contribution is 2.23. The van der Waals surface area contributed by atoms with Crippen LogP contribution < -0.4 is 4.90 Å². The van der Waals surface area contributed by atoms with Gasteiger partial charge in [-0.3, -0.25) is 9.89 Å². The second-order valence-corrected chi connectivity index (χ2v) is 3.86. The number of amides is 1. The predicted octanol–water partition coefficient (Wildman–Crippen LogP) is 0.0555. The Morgan fingerprint density at radius 3 is 3.12 bits per heavy atom. The summed E-state index contributed by atoms with van der Waals surface area (Å²) in [6.45, 7) is 0.337. The van der Waals surface area contributed by atoms with Crippen LogP contribution in [0, 0.1) is 0 Å². The van der Waals surface area contributed by atoms with Gasteiger partial charge in [-0.05, 0) is 6.07 Å². The van der Waals surface area contributed by atoms with E-state index in [1.807, 2.05) is 6.07 Å². The summed E-state index contributed by atoms with van der Waals surface area (Å²) in [6.07, 6.45) is 2.87. The molecule has 3 rings (SSSR count). The molecule has 3 heterocycles. The first-order chi connectivity index (χ1) is 7.74. The summed E-state index contributed by atoms with van der Waals surface area (Å²) in [5, 5.41) is 16.9. The van der Waals surface area contributed by atoms with Gasteiger partial charge in [0.05, 0.1) is 37.2 Å². The van der Waals surface area contributed by atoms with Crippen molar-refractivity contribution in [2.75, 3.05) is 11.4 Å². The lowest BCUT2D eigenvalue weighted by Gasteiger charge is -2.14. The lowest BCUT2D eigenvalue weighted by atomic mass is 10.3. The SMILES string of the molecule is O=C1CC(O)CN1c1cnc2[nH]ncc2c1. The number of aromatic nitrogens is 3. The highest BCUT2D eigenvalue weighted by Gasteiger charge is 2.29. The maximum Gasteiger partial charge on any atom is 0.229 e. The third-order valence-corrected chi connectivity index (χ3v) is 2.69.